The normalized spacial score (nSPS) is 11.0. The quantitative estimate of drug-likeness (QED) is 0.498. The number of esters is 1. The number of phenols is 2. The highest BCUT2D eigenvalue weighted by atomic mass is 32.2. The molecule has 0 heterocycles. The maximum atomic E-state index is 12.2. The van der Waals surface area contributed by atoms with Gasteiger partial charge in [-0.2, -0.15) is 8.42 Å². The van der Waals surface area contributed by atoms with Crippen molar-refractivity contribution >= 4 is 16.1 Å². The molecule has 0 aliphatic rings. The molecule has 0 unspecified atom stereocenters. The lowest BCUT2D eigenvalue weighted by Crippen LogP contribution is -2.10. The minimum atomic E-state index is -4.15. The third kappa shape index (κ3) is 3.54. The van der Waals surface area contributed by atoms with E-state index in [1.54, 1.807) is 19.1 Å². The SMILES string of the molecule is COC(=O)c1cc(OS(=O)(=O)c2ccc(C)cc2)cc(O)c1O. The number of carbonyl (C=O) groups excluding carboxylic acids is 1. The summed E-state index contributed by atoms with van der Waals surface area (Å²) in [5.41, 5.74) is 0.459. The lowest BCUT2D eigenvalue weighted by atomic mass is 10.2. The van der Waals surface area contributed by atoms with Gasteiger partial charge in [0.2, 0.25) is 0 Å². The van der Waals surface area contributed by atoms with Crippen LogP contribution in [-0.4, -0.2) is 31.7 Å². The van der Waals surface area contributed by atoms with E-state index in [2.05, 4.69) is 4.74 Å². The van der Waals surface area contributed by atoms with Crippen LogP contribution in [0.3, 0.4) is 0 Å². The average molecular weight is 338 g/mol. The Labute approximate surface area is 132 Å². The molecule has 8 heteroatoms. The van der Waals surface area contributed by atoms with Gasteiger partial charge in [0.15, 0.2) is 11.5 Å². The van der Waals surface area contributed by atoms with Crippen LogP contribution >= 0.6 is 0 Å². The standard InChI is InChI=1S/C15H14O7S/c1-9-3-5-11(6-4-9)23(19,20)22-10-7-12(15(18)21-2)14(17)13(16)8-10/h3-8,16-17H,1-2H3. The van der Waals surface area contributed by atoms with Gasteiger partial charge in [-0.05, 0) is 19.1 Å². The number of hydrogen-bond donors (Lipinski definition) is 2. The molecule has 122 valence electrons. The fourth-order valence-corrected chi connectivity index (χ4v) is 2.70. The molecule has 2 N–H and O–H groups in total. The average Bonchev–Trinajstić information content (AvgIpc) is 2.50. The topological polar surface area (TPSA) is 110 Å². The maximum Gasteiger partial charge on any atom is 0.341 e. The first-order valence-electron chi connectivity index (χ1n) is 6.40. The molecule has 0 atom stereocenters. The number of ether oxygens (including phenoxy) is 1. The largest absolute Gasteiger partial charge is 0.504 e. The Morgan fingerprint density at radius 2 is 1.70 bits per heavy atom. The van der Waals surface area contributed by atoms with Crippen molar-refractivity contribution < 1.29 is 32.3 Å². The highest BCUT2D eigenvalue weighted by molar-refractivity contribution is 7.87. The van der Waals surface area contributed by atoms with Crippen LogP contribution in [0.2, 0.25) is 0 Å². The van der Waals surface area contributed by atoms with Crippen molar-refractivity contribution in [1.29, 1.82) is 0 Å². The lowest BCUT2D eigenvalue weighted by molar-refractivity contribution is 0.0596. The second kappa shape index (κ2) is 6.17. The van der Waals surface area contributed by atoms with E-state index in [0.717, 1.165) is 24.8 Å². The van der Waals surface area contributed by atoms with E-state index in [1.165, 1.54) is 12.1 Å². The van der Waals surface area contributed by atoms with Gasteiger partial charge >= 0.3 is 16.1 Å². The molecule has 0 saturated heterocycles. The van der Waals surface area contributed by atoms with Crippen LogP contribution in [0.4, 0.5) is 0 Å². The van der Waals surface area contributed by atoms with Gasteiger partial charge < -0.3 is 19.1 Å². The maximum absolute atomic E-state index is 12.2. The number of hydrogen-bond acceptors (Lipinski definition) is 7. The van der Waals surface area contributed by atoms with Crippen LogP contribution in [0.5, 0.6) is 17.2 Å². The molecule has 23 heavy (non-hydrogen) atoms. The molecule has 7 nitrogen and oxygen atoms in total. The number of methoxy groups -OCH3 is 1. The van der Waals surface area contributed by atoms with E-state index in [0.29, 0.717) is 0 Å². The predicted molar refractivity (Wildman–Crippen MR) is 80.1 cm³/mol. The minimum Gasteiger partial charge on any atom is -0.504 e. The Balaban J connectivity index is 2.41. The smallest absolute Gasteiger partial charge is 0.341 e. The van der Waals surface area contributed by atoms with Crippen molar-refractivity contribution in [2.75, 3.05) is 7.11 Å². The number of aryl methyl sites for hydroxylation is 1. The van der Waals surface area contributed by atoms with Crippen molar-refractivity contribution in [1.82, 2.24) is 0 Å². The van der Waals surface area contributed by atoms with Crippen LogP contribution in [0.15, 0.2) is 41.3 Å². The van der Waals surface area contributed by atoms with Crippen LogP contribution < -0.4 is 4.18 Å². The van der Waals surface area contributed by atoms with Crippen molar-refractivity contribution in [2.45, 2.75) is 11.8 Å². The minimum absolute atomic E-state index is 0.0877. The summed E-state index contributed by atoms with van der Waals surface area (Å²) in [7, 11) is -3.07. The van der Waals surface area contributed by atoms with E-state index >= 15 is 0 Å². The molecule has 0 fully saturated rings. The zero-order chi connectivity index (χ0) is 17.2. The summed E-state index contributed by atoms with van der Waals surface area (Å²) in [6.07, 6.45) is 0. The number of benzene rings is 2. The Morgan fingerprint density at radius 1 is 1.09 bits per heavy atom. The first kappa shape index (κ1) is 16.6. The molecule has 0 spiro atoms. The van der Waals surface area contributed by atoms with Gasteiger partial charge in [0.05, 0.1) is 7.11 Å². The molecular formula is C15H14O7S. The molecule has 0 radical (unpaired) electrons. The van der Waals surface area contributed by atoms with Crippen molar-refractivity contribution in [3.8, 4) is 17.2 Å². The number of carbonyl (C=O) groups is 1. The van der Waals surface area contributed by atoms with Crippen molar-refractivity contribution in [2.24, 2.45) is 0 Å². The molecule has 2 aromatic rings. The first-order valence-corrected chi connectivity index (χ1v) is 7.81. The van der Waals surface area contributed by atoms with E-state index in [4.69, 9.17) is 4.18 Å². The second-order valence-electron chi connectivity index (χ2n) is 4.68. The molecule has 0 bridgehead atoms. The summed E-state index contributed by atoms with van der Waals surface area (Å²) >= 11 is 0. The van der Waals surface area contributed by atoms with Crippen LogP contribution in [-0.2, 0) is 14.9 Å². The Morgan fingerprint density at radius 3 is 2.26 bits per heavy atom. The van der Waals surface area contributed by atoms with Gasteiger partial charge in [-0.3, -0.25) is 0 Å². The molecule has 2 aromatic carbocycles. The fourth-order valence-electron chi connectivity index (χ4n) is 1.79. The Kier molecular flexibility index (Phi) is 4.46. The molecule has 0 amide bonds. The fraction of sp³-hybridized carbons (Fsp3) is 0.133. The summed E-state index contributed by atoms with van der Waals surface area (Å²) in [5.74, 6) is -2.71. The van der Waals surface area contributed by atoms with E-state index in [-0.39, 0.29) is 10.6 Å². The molecule has 0 aromatic heterocycles. The number of rotatable bonds is 4. The Bertz CT molecular complexity index is 839. The van der Waals surface area contributed by atoms with Crippen LogP contribution in [0.1, 0.15) is 15.9 Å². The van der Waals surface area contributed by atoms with E-state index in [9.17, 15) is 23.4 Å². The molecule has 0 aliphatic heterocycles. The molecule has 0 saturated carbocycles. The summed E-state index contributed by atoms with van der Waals surface area (Å²) in [5, 5.41) is 19.2. The third-order valence-corrected chi connectivity index (χ3v) is 4.25. The summed E-state index contributed by atoms with van der Waals surface area (Å²) in [4.78, 5) is 11.4. The third-order valence-electron chi connectivity index (χ3n) is 2.98. The van der Waals surface area contributed by atoms with Crippen molar-refractivity contribution in [3.63, 3.8) is 0 Å². The van der Waals surface area contributed by atoms with Gasteiger partial charge in [-0.15, -0.1) is 0 Å². The highest BCUT2D eigenvalue weighted by Crippen LogP contribution is 2.35. The van der Waals surface area contributed by atoms with Gasteiger partial charge in [0.25, 0.3) is 0 Å². The van der Waals surface area contributed by atoms with Crippen LogP contribution in [0.25, 0.3) is 0 Å². The molecule has 0 aliphatic carbocycles. The van der Waals surface area contributed by atoms with Gasteiger partial charge in [0.1, 0.15) is 16.2 Å². The first-order chi connectivity index (χ1) is 10.7. The van der Waals surface area contributed by atoms with Gasteiger partial charge in [0, 0.05) is 12.1 Å². The number of aromatic hydroxyl groups is 2. The van der Waals surface area contributed by atoms with E-state index < -0.39 is 33.1 Å². The molecular weight excluding hydrogens is 324 g/mol. The molecule has 2 rings (SSSR count). The zero-order valence-corrected chi connectivity index (χ0v) is 13.1. The summed E-state index contributed by atoms with van der Waals surface area (Å²) in [6.45, 7) is 1.80. The second-order valence-corrected chi connectivity index (χ2v) is 6.23. The van der Waals surface area contributed by atoms with Gasteiger partial charge in [-0.25, -0.2) is 4.79 Å². The lowest BCUT2D eigenvalue weighted by Gasteiger charge is -2.10. The number of phenolic OH excluding ortho intramolecular Hbond substituents is 2. The predicted octanol–water partition coefficient (Wildman–Crippen LogP) is 1.96. The van der Waals surface area contributed by atoms with Gasteiger partial charge in [-0.1, -0.05) is 17.7 Å². The van der Waals surface area contributed by atoms with E-state index in [1.807, 2.05) is 0 Å². The van der Waals surface area contributed by atoms with Crippen molar-refractivity contribution in [3.05, 3.63) is 47.5 Å². The summed E-state index contributed by atoms with van der Waals surface area (Å²) < 4.78 is 33.7. The Hall–Kier alpha value is -2.74. The van der Waals surface area contributed by atoms with Crippen LogP contribution in [0, 0.1) is 6.92 Å². The zero-order valence-electron chi connectivity index (χ0n) is 12.3. The summed E-state index contributed by atoms with van der Waals surface area (Å²) in [6, 6.07) is 7.78. The monoisotopic (exact) mass is 338 g/mol. The highest BCUT2D eigenvalue weighted by Gasteiger charge is 2.21.